The number of fused-ring (bicyclic) bond motifs is 9. The number of hydrogen-bond acceptors (Lipinski definition) is 3. The highest BCUT2D eigenvalue weighted by Gasteiger charge is 2.21. The van der Waals surface area contributed by atoms with E-state index in [1.165, 1.54) is 33.2 Å². The van der Waals surface area contributed by atoms with E-state index >= 15 is 0 Å². The van der Waals surface area contributed by atoms with Crippen LogP contribution in [0, 0.1) is 0 Å². The van der Waals surface area contributed by atoms with E-state index in [-0.39, 0.29) is 0 Å². The van der Waals surface area contributed by atoms with Gasteiger partial charge in [-0.25, -0.2) is 0 Å². The van der Waals surface area contributed by atoms with Gasteiger partial charge in [0.25, 0.3) is 0 Å². The Balaban J connectivity index is 0.972. The topological polar surface area (TPSA) is 29.5 Å². The third-order valence-corrected chi connectivity index (χ3v) is 12.1. The first-order valence-corrected chi connectivity index (χ1v) is 20.7. The lowest BCUT2D eigenvalue weighted by Gasteiger charge is -2.28. The molecule has 0 aliphatic heterocycles. The van der Waals surface area contributed by atoms with E-state index in [1.807, 2.05) is 24.3 Å². The van der Waals surface area contributed by atoms with Gasteiger partial charge in [0.2, 0.25) is 0 Å². The van der Waals surface area contributed by atoms with Gasteiger partial charge in [-0.3, -0.25) is 0 Å². The average Bonchev–Trinajstić information content (AvgIpc) is 3.91. The van der Waals surface area contributed by atoms with E-state index in [4.69, 9.17) is 8.83 Å². The van der Waals surface area contributed by atoms with E-state index in [9.17, 15) is 0 Å². The van der Waals surface area contributed by atoms with E-state index < -0.39 is 0 Å². The lowest BCUT2D eigenvalue weighted by atomic mass is 9.93. The molecule has 0 N–H and O–H groups in total. The predicted octanol–water partition coefficient (Wildman–Crippen LogP) is 16.8. The van der Waals surface area contributed by atoms with Crippen molar-refractivity contribution >= 4 is 71.7 Å². The van der Waals surface area contributed by atoms with E-state index in [1.54, 1.807) is 0 Å². The zero-order chi connectivity index (χ0) is 40.3. The Morgan fingerprint density at radius 3 is 1.38 bits per heavy atom. The summed E-state index contributed by atoms with van der Waals surface area (Å²) in [6.07, 6.45) is 0. The number of benzene rings is 10. The number of hydrogen-bond donors (Lipinski definition) is 0. The minimum Gasteiger partial charge on any atom is -0.456 e. The molecule has 0 fully saturated rings. The van der Waals surface area contributed by atoms with Crippen LogP contribution in [0.4, 0.5) is 17.1 Å². The maximum Gasteiger partial charge on any atom is 0.136 e. The summed E-state index contributed by atoms with van der Waals surface area (Å²) in [5.74, 6) is 0. The molecule has 0 aliphatic carbocycles. The third-order valence-electron chi connectivity index (χ3n) is 12.1. The van der Waals surface area contributed by atoms with Crippen molar-refractivity contribution in [2.45, 2.75) is 0 Å². The summed E-state index contributed by atoms with van der Waals surface area (Å²) in [6.45, 7) is 0. The van der Waals surface area contributed by atoms with Gasteiger partial charge in [0.15, 0.2) is 0 Å². The van der Waals surface area contributed by atoms with Crippen LogP contribution in [0.25, 0.3) is 99.2 Å². The lowest BCUT2D eigenvalue weighted by Crippen LogP contribution is -2.11. The maximum atomic E-state index is 6.70. The van der Waals surface area contributed by atoms with Gasteiger partial charge in [0.05, 0.1) is 5.69 Å². The summed E-state index contributed by atoms with van der Waals surface area (Å²) in [4.78, 5) is 2.37. The minimum absolute atomic E-state index is 0.856. The quantitative estimate of drug-likeness (QED) is 0.161. The Hall–Kier alpha value is -8.14. The first-order chi connectivity index (χ1) is 30.2. The van der Waals surface area contributed by atoms with Crippen LogP contribution in [0.5, 0.6) is 0 Å². The largest absolute Gasteiger partial charge is 0.456 e. The van der Waals surface area contributed by atoms with E-state index in [0.29, 0.717) is 0 Å². The molecule has 0 atom stereocenters. The van der Waals surface area contributed by atoms with Crippen LogP contribution in [0.15, 0.2) is 233 Å². The standard InChI is InChI=1S/C58H37NO2/c1-3-13-38(14-4-1)39-23-25-40(26-24-39)41-27-31-44(32-28-41)59(51-21-11-9-17-46(51)42-15-5-2-6-16-42)45-33-29-43(30-34-45)50-37-55-56(48-19-8-7-18-47(48)50)58-54(61-55)36-35-53-57(58)49-20-10-12-22-52(49)60-53/h1-37H. The van der Waals surface area contributed by atoms with Crippen LogP contribution in [0.1, 0.15) is 0 Å². The van der Waals surface area contributed by atoms with Crippen LogP contribution in [0.3, 0.4) is 0 Å². The fourth-order valence-electron chi connectivity index (χ4n) is 9.21. The summed E-state index contributed by atoms with van der Waals surface area (Å²) in [5.41, 5.74) is 16.1. The molecule has 0 saturated carbocycles. The van der Waals surface area contributed by atoms with Gasteiger partial charge >= 0.3 is 0 Å². The second-order valence-corrected chi connectivity index (χ2v) is 15.6. The highest BCUT2D eigenvalue weighted by Crippen LogP contribution is 2.46. The number of anilines is 3. The number of para-hydroxylation sites is 2. The fourth-order valence-corrected chi connectivity index (χ4v) is 9.21. The summed E-state index contributed by atoms with van der Waals surface area (Å²) in [6, 6.07) is 79.8. The number of rotatable bonds is 7. The highest BCUT2D eigenvalue weighted by atomic mass is 16.3. The van der Waals surface area contributed by atoms with Gasteiger partial charge in [0.1, 0.15) is 22.3 Å². The highest BCUT2D eigenvalue weighted by molar-refractivity contribution is 6.31. The Labute approximate surface area is 353 Å². The Morgan fingerprint density at radius 2 is 0.705 bits per heavy atom. The minimum atomic E-state index is 0.856. The van der Waals surface area contributed by atoms with Crippen molar-refractivity contribution in [3.05, 3.63) is 224 Å². The van der Waals surface area contributed by atoms with Crippen molar-refractivity contribution in [3.8, 4) is 44.5 Å². The monoisotopic (exact) mass is 779 g/mol. The molecule has 61 heavy (non-hydrogen) atoms. The Morgan fingerprint density at radius 1 is 0.262 bits per heavy atom. The normalized spacial score (nSPS) is 11.6. The van der Waals surface area contributed by atoms with Crippen molar-refractivity contribution in [2.24, 2.45) is 0 Å². The fraction of sp³-hybridized carbons (Fsp3) is 0. The first kappa shape index (κ1) is 34.9. The van der Waals surface area contributed by atoms with Gasteiger partial charge in [-0.05, 0) is 104 Å². The van der Waals surface area contributed by atoms with Gasteiger partial charge in [-0.15, -0.1) is 0 Å². The molecule has 12 aromatic rings. The Kier molecular flexibility index (Phi) is 8.17. The molecule has 0 aliphatic rings. The molecule has 12 rings (SSSR count). The number of nitrogens with zero attached hydrogens (tertiary/aromatic N) is 1. The van der Waals surface area contributed by atoms with Crippen molar-refractivity contribution in [2.75, 3.05) is 4.90 Å². The average molecular weight is 780 g/mol. The van der Waals surface area contributed by atoms with E-state index in [0.717, 1.165) is 83.0 Å². The van der Waals surface area contributed by atoms with Crippen LogP contribution < -0.4 is 4.90 Å². The summed E-state index contributed by atoms with van der Waals surface area (Å²) >= 11 is 0. The molecule has 0 unspecified atom stereocenters. The molecule has 3 nitrogen and oxygen atoms in total. The molecule has 0 bridgehead atoms. The molecule has 3 heteroatoms. The zero-order valence-electron chi connectivity index (χ0n) is 33.1. The summed E-state index contributed by atoms with van der Waals surface area (Å²) < 4.78 is 13.0. The van der Waals surface area contributed by atoms with Crippen molar-refractivity contribution in [1.82, 2.24) is 0 Å². The molecule has 0 amide bonds. The summed E-state index contributed by atoms with van der Waals surface area (Å²) in [7, 11) is 0. The van der Waals surface area contributed by atoms with Crippen molar-refractivity contribution in [1.29, 1.82) is 0 Å². The number of furan rings is 2. The smallest absolute Gasteiger partial charge is 0.136 e. The van der Waals surface area contributed by atoms with Crippen LogP contribution in [-0.2, 0) is 0 Å². The van der Waals surface area contributed by atoms with Gasteiger partial charge in [0, 0.05) is 38.5 Å². The molecule has 10 aromatic carbocycles. The molecule has 0 saturated heterocycles. The molecule has 2 aromatic heterocycles. The second-order valence-electron chi connectivity index (χ2n) is 15.6. The molecule has 0 radical (unpaired) electrons. The van der Waals surface area contributed by atoms with Crippen molar-refractivity contribution in [3.63, 3.8) is 0 Å². The van der Waals surface area contributed by atoms with Crippen molar-refractivity contribution < 1.29 is 8.83 Å². The molecular formula is C58H37NO2. The maximum absolute atomic E-state index is 6.70. The van der Waals surface area contributed by atoms with Crippen LogP contribution >= 0.6 is 0 Å². The van der Waals surface area contributed by atoms with Gasteiger partial charge in [-0.2, -0.15) is 0 Å². The third kappa shape index (κ3) is 5.90. The van der Waals surface area contributed by atoms with Crippen LogP contribution in [-0.4, -0.2) is 0 Å². The van der Waals surface area contributed by atoms with E-state index in [2.05, 4.69) is 205 Å². The second kappa shape index (κ2) is 14.3. The first-order valence-electron chi connectivity index (χ1n) is 20.7. The molecule has 286 valence electrons. The van der Waals surface area contributed by atoms with Crippen LogP contribution in [0.2, 0.25) is 0 Å². The molecular weight excluding hydrogens is 743 g/mol. The predicted molar refractivity (Wildman–Crippen MR) is 255 cm³/mol. The SMILES string of the molecule is c1ccc(-c2ccc(-c3ccc(N(c4ccc(-c5cc6oc7ccc8oc9ccccc9c8c7c6c6ccccc56)cc4)c4ccccc4-c4ccccc4)cc3)cc2)cc1. The molecule has 0 spiro atoms. The lowest BCUT2D eigenvalue weighted by molar-refractivity contribution is 0.663. The van der Waals surface area contributed by atoms with Gasteiger partial charge in [-0.1, -0.05) is 170 Å². The van der Waals surface area contributed by atoms with Gasteiger partial charge < -0.3 is 13.7 Å². The molecule has 2 heterocycles. The zero-order valence-corrected chi connectivity index (χ0v) is 33.1. The Bertz CT molecular complexity index is 3550. The summed E-state index contributed by atoms with van der Waals surface area (Å²) in [5, 5.41) is 6.73.